The summed E-state index contributed by atoms with van der Waals surface area (Å²) in [5.41, 5.74) is 3.69. The van der Waals surface area contributed by atoms with Crippen molar-refractivity contribution in [2.75, 3.05) is 25.5 Å². The lowest BCUT2D eigenvalue weighted by Gasteiger charge is -2.25. The van der Waals surface area contributed by atoms with E-state index in [1.54, 1.807) is 7.11 Å². The minimum absolute atomic E-state index is 0.196. The highest BCUT2D eigenvalue weighted by Gasteiger charge is 2.22. The van der Waals surface area contributed by atoms with E-state index < -0.39 is 12.1 Å². The second kappa shape index (κ2) is 14.1. The minimum Gasteiger partial charge on any atom is -0.497 e. The van der Waals surface area contributed by atoms with Gasteiger partial charge < -0.3 is 25.8 Å². The van der Waals surface area contributed by atoms with Crippen molar-refractivity contribution in [3.8, 4) is 5.75 Å². The molecule has 0 unspecified atom stereocenters. The summed E-state index contributed by atoms with van der Waals surface area (Å²) in [5.74, 6) is 0.600. The Morgan fingerprint density at radius 2 is 1.71 bits per heavy atom. The molecule has 2 atom stereocenters. The fourth-order valence-corrected chi connectivity index (χ4v) is 3.84. The fourth-order valence-electron chi connectivity index (χ4n) is 3.84. The number of aliphatic hydroxyl groups is 1. The predicted octanol–water partition coefficient (Wildman–Crippen LogP) is 4.40. The van der Waals surface area contributed by atoms with E-state index in [1.807, 2.05) is 78.9 Å². The van der Waals surface area contributed by atoms with Gasteiger partial charge in [-0.15, -0.1) is 0 Å². The van der Waals surface area contributed by atoms with Gasteiger partial charge in [-0.3, -0.25) is 4.79 Å². The van der Waals surface area contributed by atoms with Crippen LogP contribution in [0.4, 0.5) is 5.69 Å². The third kappa shape index (κ3) is 8.74. The van der Waals surface area contributed by atoms with Gasteiger partial charge in [-0.2, -0.15) is 0 Å². The summed E-state index contributed by atoms with van der Waals surface area (Å²) >= 11 is 0. The molecule has 6 nitrogen and oxygen atoms in total. The number of hydrogen-bond donors (Lipinski definition) is 4. The molecule has 0 radical (unpaired) electrons. The number of carbonyl (C=O) groups excluding carboxylic acids is 1. The predicted molar refractivity (Wildman–Crippen MR) is 142 cm³/mol. The van der Waals surface area contributed by atoms with Crippen LogP contribution in [-0.4, -0.2) is 43.4 Å². The number of nitrogens with one attached hydrogen (secondary N) is 3. The van der Waals surface area contributed by atoms with Gasteiger partial charge in [0.25, 0.3) is 5.91 Å². The first-order valence-electron chi connectivity index (χ1n) is 12.3. The molecule has 3 rings (SSSR count). The molecule has 4 N–H and O–H groups in total. The Hall–Kier alpha value is -3.35. The highest BCUT2D eigenvalue weighted by Crippen LogP contribution is 2.14. The van der Waals surface area contributed by atoms with Gasteiger partial charge in [0.15, 0.2) is 0 Å². The zero-order valence-electron chi connectivity index (χ0n) is 20.7. The van der Waals surface area contributed by atoms with Gasteiger partial charge in [0.05, 0.1) is 19.3 Å². The number of unbranched alkanes of at least 4 members (excludes halogenated alkanes) is 1. The highest BCUT2D eigenvalue weighted by atomic mass is 16.5. The monoisotopic (exact) mass is 475 g/mol. The van der Waals surface area contributed by atoms with Crippen molar-refractivity contribution < 1.29 is 14.6 Å². The number of benzene rings is 3. The Morgan fingerprint density at radius 1 is 0.971 bits per heavy atom. The van der Waals surface area contributed by atoms with Crippen LogP contribution in [0, 0.1) is 0 Å². The molecule has 0 heterocycles. The first-order valence-corrected chi connectivity index (χ1v) is 12.3. The normalized spacial score (nSPS) is 12.5. The SMILES string of the molecule is CCCCNc1ccc(C(=O)N[C@@H](Cc2ccccc2)[C@H](O)CNCc2cccc(OC)c2)cc1. The summed E-state index contributed by atoms with van der Waals surface area (Å²) in [7, 11) is 1.64. The van der Waals surface area contributed by atoms with Gasteiger partial charge in [0.1, 0.15) is 5.75 Å². The van der Waals surface area contributed by atoms with Crippen LogP contribution in [0.25, 0.3) is 0 Å². The number of anilines is 1. The van der Waals surface area contributed by atoms with Crippen molar-refractivity contribution in [1.82, 2.24) is 10.6 Å². The summed E-state index contributed by atoms with van der Waals surface area (Å²) in [5, 5.41) is 20.7. The van der Waals surface area contributed by atoms with E-state index >= 15 is 0 Å². The lowest BCUT2D eigenvalue weighted by atomic mass is 10.0. The Morgan fingerprint density at radius 3 is 2.43 bits per heavy atom. The van der Waals surface area contributed by atoms with Crippen LogP contribution in [0.5, 0.6) is 5.75 Å². The number of aliphatic hydroxyl groups excluding tert-OH is 1. The van der Waals surface area contributed by atoms with E-state index in [1.165, 1.54) is 0 Å². The molecule has 0 aliphatic carbocycles. The van der Waals surface area contributed by atoms with Crippen molar-refractivity contribution in [1.29, 1.82) is 0 Å². The molecule has 0 saturated carbocycles. The molecule has 0 aliphatic rings. The molecular weight excluding hydrogens is 438 g/mol. The highest BCUT2D eigenvalue weighted by molar-refractivity contribution is 5.94. The first kappa shape index (κ1) is 26.3. The zero-order chi connectivity index (χ0) is 24.9. The quantitative estimate of drug-likeness (QED) is 0.260. The van der Waals surface area contributed by atoms with E-state index in [0.29, 0.717) is 25.1 Å². The maximum Gasteiger partial charge on any atom is 0.251 e. The van der Waals surface area contributed by atoms with Crippen LogP contribution in [0.1, 0.15) is 41.3 Å². The third-order valence-electron chi connectivity index (χ3n) is 5.90. The van der Waals surface area contributed by atoms with Gasteiger partial charge >= 0.3 is 0 Å². The topological polar surface area (TPSA) is 82.6 Å². The van der Waals surface area contributed by atoms with Gasteiger partial charge in [-0.25, -0.2) is 0 Å². The Bertz CT molecular complexity index is 1020. The largest absolute Gasteiger partial charge is 0.497 e. The van der Waals surface area contributed by atoms with Crippen molar-refractivity contribution >= 4 is 11.6 Å². The molecular formula is C29H37N3O3. The minimum atomic E-state index is -0.764. The molecule has 0 fully saturated rings. The second-order valence-electron chi connectivity index (χ2n) is 8.68. The summed E-state index contributed by atoms with van der Waals surface area (Å²) in [6.45, 7) is 4.00. The molecule has 3 aromatic carbocycles. The molecule has 0 aliphatic heterocycles. The Labute approximate surface area is 208 Å². The number of methoxy groups -OCH3 is 1. The van der Waals surface area contributed by atoms with Crippen LogP contribution in [0.15, 0.2) is 78.9 Å². The second-order valence-corrected chi connectivity index (χ2v) is 8.68. The Kier molecular flexibility index (Phi) is 10.6. The molecule has 1 amide bonds. The molecule has 3 aromatic rings. The first-order chi connectivity index (χ1) is 17.1. The standard InChI is InChI=1S/C29H37N3O3/c1-3-4-17-31-25-15-13-24(14-16-25)29(34)32-27(19-22-9-6-5-7-10-22)28(33)21-30-20-23-11-8-12-26(18-23)35-2/h5-16,18,27-28,30-31,33H,3-4,17,19-21H2,1-2H3,(H,32,34)/t27-,28+/m0/s1. The van der Waals surface area contributed by atoms with E-state index in [-0.39, 0.29) is 5.91 Å². The van der Waals surface area contributed by atoms with E-state index in [0.717, 1.165) is 42.0 Å². The van der Waals surface area contributed by atoms with Crippen LogP contribution >= 0.6 is 0 Å². The van der Waals surface area contributed by atoms with E-state index in [9.17, 15) is 9.90 Å². The summed E-state index contributed by atoms with van der Waals surface area (Å²) in [6.07, 6.45) is 2.01. The molecule has 0 aromatic heterocycles. The van der Waals surface area contributed by atoms with Crippen molar-refractivity contribution in [2.45, 2.75) is 44.9 Å². The maximum absolute atomic E-state index is 13.0. The molecule has 6 heteroatoms. The van der Waals surface area contributed by atoms with Crippen LogP contribution in [-0.2, 0) is 13.0 Å². The molecule has 0 saturated heterocycles. The summed E-state index contributed by atoms with van der Waals surface area (Å²) in [6, 6.07) is 24.7. The average molecular weight is 476 g/mol. The molecule has 35 heavy (non-hydrogen) atoms. The van der Waals surface area contributed by atoms with Gasteiger partial charge in [0.2, 0.25) is 0 Å². The third-order valence-corrected chi connectivity index (χ3v) is 5.90. The number of amides is 1. The van der Waals surface area contributed by atoms with E-state index in [2.05, 4.69) is 22.9 Å². The number of rotatable bonds is 14. The van der Waals surface area contributed by atoms with Gasteiger partial charge in [0, 0.05) is 30.9 Å². The molecule has 0 spiro atoms. The number of hydrogen-bond acceptors (Lipinski definition) is 5. The lowest BCUT2D eigenvalue weighted by Crippen LogP contribution is -2.48. The van der Waals surface area contributed by atoms with Crippen LogP contribution in [0.3, 0.4) is 0 Å². The molecule has 0 bridgehead atoms. The average Bonchev–Trinajstić information content (AvgIpc) is 2.89. The summed E-state index contributed by atoms with van der Waals surface area (Å²) < 4.78 is 5.28. The Balaban J connectivity index is 1.61. The van der Waals surface area contributed by atoms with Crippen LogP contribution in [0.2, 0.25) is 0 Å². The van der Waals surface area contributed by atoms with Crippen LogP contribution < -0.4 is 20.7 Å². The molecule has 186 valence electrons. The number of carbonyl (C=O) groups is 1. The van der Waals surface area contributed by atoms with E-state index in [4.69, 9.17) is 4.74 Å². The summed E-state index contributed by atoms with van der Waals surface area (Å²) in [4.78, 5) is 13.0. The van der Waals surface area contributed by atoms with Gasteiger partial charge in [-0.05, 0) is 60.4 Å². The zero-order valence-corrected chi connectivity index (χ0v) is 20.7. The smallest absolute Gasteiger partial charge is 0.251 e. The maximum atomic E-state index is 13.0. The van der Waals surface area contributed by atoms with Crippen molar-refractivity contribution in [2.24, 2.45) is 0 Å². The van der Waals surface area contributed by atoms with Crippen molar-refractivity contribution in [3.05, 3.63) is 95.6 Å². The number of ether oxygens (including phenoxy) is 1. The fraction of sp³-hybridized carbons (Fsp3) is 0.345. The lowest BCUT2D eigenvalue weighted by molar-refractivity contribution is 0.0830. The van der Waals surface area contributed by atoms with Gasteiger partial charge in [-0.1, -0.05) is 55.8 Å². The van der Waals surface area contributed by atoms with Crippen molar-refractivity contribution in [3.63, 3.8) is 0 Å².